The fourth-order valence-corrected chi connectivity index (χ4v) is 1.71. The van der Waals surface area contributed by atoms with E-state index in [0.717, 1.165) is 18.2 Å². The fourth-order valence-electron chi connectivity index (χ4n) is 1.35. The van der Waals surface area contributed by atoms with Crippen LogP contribution in [0.15, 0.2) is 23.3 Å². The molecule has 1 rings (SSSR count). The molecule has 1 aromatic rings. The van der Waals surface area contributed by atoms with E-state index in [4.69, 9.17) is 4.74 Å². The number of benzene rings is 1. The van der Waals surface area contributed by atoms with E-state index in [0.29, 0.717) is 0 Å². The van der Waals surface area contributed by atoms with Crippen molar-refractivity contribution in [3.63, 3.8) is 0 Å². The highest BCUT2D eigenvalue weighted by atomic mass is 79.9. The van der Waals surface area contributed by atoms with Crippen molar-refractivity contribution in [3.8, 4) is 0 Å². The zero-order chi connectivity index (χ0) is 16.7. The van der Waals surface area contributed by atoms with Crippen molar-refractivity contribution in [2.24, 2.45) is 5.10 Å². The summed E-state index contributed by atoms with van der Waals surface area (Å²) in [5.74, 6) is -0.684. The van der Waals surface area contributed by atoms with Gasteiger partial charge < -0.3 is 4.74 Å². The molecule has 0 aliphatic heterocycles. The summed E-state index contributed by atoms with van der Waals surface area (Å²) in [6.45, 7) is 1.78. The Bertz CT molecular complexity index is 633. The lowest BCUT2D eigenvalue weighted by Gasteiger charge is -2.05. The molecule has 0 unspecified atom stereocenters. The zero-order valence-corrected chi connectivity index (χ0v) is 12.9. The van der Waals surface area contributed by atoms with Crippen LogP contribution in [0.25, 0.3) is 0 Å². The standard InChI is InChI=1S/C11H11BrN4O6/c1-2-22-11(17)9(6-12)14-13-8-4-3-7(15(18)19)5-10(8)16(20)21/h3-5,13H,2,6H2,1H3/b14-9-. The van der Waals surface area contributed by atoms with Crippen molar-refractivity contribution >= 4 is 44.7 Å². The van der Waals surface area contributed by atoms with E-state index in [9.17, 15) is 25.0 Å². The van der Waals surface area contributed by atoms with Crippen molar-refractivity contribution in [3.05, 3.63) is 38.4 Å². The maximum atomic E-state index is 11.5. The highest BCUT2D eigenvalue weighted by Gasteiger charge is 2.20. The van der Waals surface area contributed by atoms with Gasteiger partial charge in [-0.3, -0.25) is 25.7 Å². The van der Waals surface area contributed by atoms with Crippen LogP contribution in [0.3, 0.4) is 0 Å². The molecule has 0 saturated carbocycles. The summed E-state index contributed by atoms with van der Waals surface area (Å²) in [5.41, 5.74) is 1.27. The number of carbonyl (C=O) groups excluding carboxylic acids is 1. The highest BCUT2D eigenvalue weighted by Crippen LogP contribution is 2.28. The summed E-state index contributed by atoms with van der Waals surface area (Å²) >= 11 is 3.04. The summed E-state index contributed by atoms with van der Waals surface area (Å²) in [6, 6.07) is 3.02. The van der Waals surface area contributed by atoms with Crippen LogP contribution in [0.4, 0.5) is 17.1 Å². The maximum absolute atomic E-state index is 11.5. The number of rotatable bonds is 7. The van der Waals surface area contributed by atoms with Gasteiger partial charge in [-0.05, 0) is 13.0 Å². The first-order valence-corrected chi connectivity index (χ1v) is 7.01. The number of esters is 1. The normalized spacial score (nSPS) is 10.9. The molecule has 0 atom stereocenters. The van der Waals surface area contributed by atoms with Gasteiger partial charge in [0.1, 0.15) is 5.69 Å². The molecule has 0 aliphatic rings. The number of nitro groups is 2. The number of halogens is 1. The minimum absolute atomic E-state index is 0.0329. The smallest absolute Gasteiger partial charge is 0.355 e. The minimum Gasteiger partial charge on any atom is -0.461 e. The van der Waals surface area contributed by atoms with E-state index in [2.05, 4.69) is 26.5 Å². The third-order valence-electron chi connectivity index (χ3n) is 2.34. The molecule has 0 radical (unpaired) electrons. The van der Waals surface area contributed by atoms with Gasteiger partial charge in [0.25, 0.3) is 5.69 Å². The van der Waals surface area contributed by atoms with Gasteiger partial charge in [0.15, 0.2) is 5.71 Å². The van der Waals surface area contributed by atoms with Crippen molar-refractivity contribution in [1.29, 1.82) is 0 Å². The Balaban J connectivity index is 3.09. The molecule has 0 saturated heterocycles. The Morgan fingerprint density at radius 1 is 1.36 bits per heavy atom. The van der Waals surface area contributed by atoms with Crippen molar-refractivity contribution in [2.75, 3.05) is 17.4 Å². The van der Waals surface area contributed by atoms with E-state index in [1.807, 2.05) is 0 Å². The van der Waals surface area contributed by atoms with Crippen molar-refractivity contribution in [1.82, 2.24) is 0 Å². The number of nitrogens with zero attached hydrogens (tertiary/aromatic N) is 3. The first kappa shape index (κ1) is 17.5. The largest absolute Gasteiger partial charge is 0.461 e. The van der Waals surface area contributed by atoms with E-state index < -0.39 is 27.2 Å². The third-order valence-corrected chi connectivity index (χ3v) is 2.87. The second kappa shape index (κ2) is 8.02. The molecule has 1 aromatic carbocycles. The number of nitro benzene ring substituents is 2. The fraction of sp³-hybridized carbons (Fsp3) is 0.273. The Morgan fingerprint density at radius 3 is 2.55 bits per heavy atom. The van der Waals surface area contributed by atoms with E-state index in [1.54, 1.807) is 6.92 Å². The number of non-ortho nitro benzene ring substituents is 1. The summed E-state index contributed by atoms with van der Waals surface area (Å²) in [5, 5.41) is 25.4. The molecule has 0 bridgehead atoms. The van der Waals surface area contributed by atoms with Gasteiger partial charge in [-0.2, -0.15) is 5.10 Å². The van der Waals surface area contributed by atoms with Gasteiger partial charge >= 0.3 is 11.7 Å². The Morgan fingerprint density at radius 2 is 2.05 bits per heavy atom. The number of hydrogen-bond donors (Lipinski definition) is 1. The molecular weight excluding hydrogens is 364 g/mol. The lowest BCUT2D eigenvalue weighted by atomic mass is 10.2. The van der Waals surface area contributed by atoms with Gasteiger partial charge in [-0.15, -0.1) is 0 Å². The highest BCUT2D eigenvalue weighted by molar-refractivity contribution is 9.09. The molecule has 0 aromatic heterocycles. The first-order valence-electron chi connectivity index (χ1n) is 5.89. The zero-order valence-electron chi connectivity index (χ0n) is 11.3. The van der Waals surface area contributed by atoms with Crippen LogP contribution >= 0.6 is 15.9 Å². The molecule has 0 heterocycles. The summed E-state index contributed by atoms with van der Waals surface area (Å²) in [6.07, 6.45) is 0. The van der Waals surface area contributed by atoms with Crippen LogP contribution in [0, 0.1) is 20.2 Å². The molecule has 11 heteroatoms. The molecular formula is C11H11BrN4O6. The molecule has 0 fully saturated rings. The Labute approximate surface area is 132 Å². The average molecular weight is 375 g/mol. The van der Waals surface area contributed by atoms with Gasteiger partial charge in [0.05, 0.1) is 27.8 Å². The number of ether oxygens (including phenoxy) is 1. The molecule has 118 valence electrons. The molecule has 10 nitrogen and oxygen atoms in total. The second-order valence-corrected chi connectivity index (χ2v) is 4.30. The predicted molar refractivity (Wildman–Crippen MR) is 81.2 cm³/mol. The molecule has 0 amide bonds. The lowest BCUT2D eigenvalue weighted by Crippen LogP contribution is -2.20. The van der Waals surface area contributed by atoms with Crippen LogP contribution in [-0.4, -0.2) is 33.5 Å². The summed E-state index contributed by atoms with van der Waals surface area (Å²) in [4.78, 5) is 31.5. The maximum Gasteiger partial charge on any atom is 0.355 e. The van der Waals surface area contributed by atoms with Gasteiger partial charge in [-0.1, -0.05) is 15.9 Å². The first-order chi connectivity index (χ1) is 10.4. The molecule has 0 spiro atoms. The summed E-state index contributed by atoms with van der Waals surface area (Å²) in [7, 11) is 0. The van der Waals surface area contributed by atoms with Crippen molar-refractivity contribution in [2.45, 2.75) is 6.92 Å². The van der Waals surface area contributed by atoms with Crippen LogP contribution in [-0.2, 0) is 9.53 Å². The second-order valence-electron chi connectivity index (χ2n) is 3.74. The van der Waals surface area contributed by atoms with Gasteiger partial charge in [0.2, 0.25) is 0 Å². The lowest BCUT2D eigenvalue weighted by molar-refractivity contribution is -0.393. The van der Waals surface area contributed by atoms with Crippen molar-refractivity contribution < 1.29 is 19.4 Å². The Hall–Kier alpha value is -2.56. The molecule has 0 aliphatic carbocycles. The number of alkyl halides is 1. The topological polar surface area (TPSA) is 137 Å². The third kappa shape index (κ3) is 4.48. The van der Waals surface area contributed by atoms with E-state index >= 15 is 0 Å². The SMILES string of the molecule is CCOC(=O)/C(CBr)=N\Nc1ccc([N+](=O)[O-])cc1[N+](=O)[O-]. The van der Waals surface area contributed by atoms with Gasteiger partial charge in [-0.25, -0.2) is 4.79 Å². The monoisotopic (exact) mass is 374 g/mol. The molecule has 1 N–H and O–H groups in total. The van der Waals surface area contributed by atoms with Crippen LogP contribution in [0.1, 0.15) is 6.92 Å². The van der Waals surface area contributed by atoms with Crippen LogP contribution in [0.5, 0.6) is 0 Å². The van der Waals surface area contributed by atoms with Crippen LogP contribution in [0.2, 0.25) is 0 Å². The Kier molecular flexibility index (Phi) is 6.38. The number of anilines is 1. The summed E-state index contributed by atoms with van der Waals surface area (Å²) < 4.78 is 4.75. The number of hydrogen-bond acceptors (Lipinski definition) is 8. The number of nitrogens with one attached hydrogen (secondary N) is 1. The predicted octanol–water partition coefficient (Wildman–Crippen LogP) is 2.23. The molecule has 22 heavy (non-hydrogen) atoms. The quantitative estimate of drug-likeness (QED) is 0.254. The van der Waals surface area contributed by atoms with Gasteiger partial charge in [0, 0.05) is 6.07 Å². The van der Waals surface area contributed by atoms with E-state index in [-0.39, 0.29) is 23.3 Å². The van der Waals surface area contributed by atoms with Crippen LogP contribution < -0.4 is 5.43 Å². The minimum atomic E-state index is -0.789. The van der Waals surface area contributed by atoms with E-state index in [1.165, 1.54) is 0 Å². The number of hydrazone groups is 1. The average Bonchev–Trinajstić information content (AvgIpc) is 2.47. The number of carbonyl (C=O) groups is 1.